The van der Waals surface area contributed by atoms with Crippen LogP contribution >= 0.6 is 0 Å². The van der Waals surface area contributed by atoms with Crippen molar-refractivity contribution in [2.75, 3.05) is 0 Å². The maximum absolute atomic E-state index is 9.09. The number of nitrogens with one attached hydrogen (secondary N) is 1. The summed E-state index contributed by atoms with van der Waals surface area (Å²) in [6, 6.07) is 4.28. The van der Waals surface area contributed by atoms with Crippen molar-refractivity contribution in [3.8, 4) is 6.07 Å². The number of hydrogen-bond donors (Lipinski definition) is 1. The average Bonchev–Trinajstić information content (AvgIpc) is 2.87. The van der Waals surface area contributed by atoms with E-state index in [9.17, 15) is 0 Å². The molecule has 4 nitrogen and oxygen atoms in total. The molecule has 2 aromatic heterocycles. The van der Waals surface area contributed by atoms with Gasteiger partial charge in [0.25, 0.3) is 0 Å². The zero-order chi connectivity index (χ0) is 9.60. The molecule has 1 fully saturated rings. The van der Waals surface area contributed by atoms with E-state index in [1.165, 1.54) is 6.33 Å². The van der Waals surface area contributed by atoms with Crippen molar-refractivity contribution in [1.82, 2.24) is 15.0 Å². The third-order valence-electron chi connectivity index (χ3n) is 2.77. The highest BCUT2D eigenvalue weighted by Gasteiger charge is 2.47. The lowest BCUT2D eigenvalue weighted by Crippen LogP contribution is -2.06. The van der Waals surface area contributed by atoms with Crippen molar-refractivity contribution in [2.45, 2.75) is 18.3 Å². The average molecular weight is 184 g/mol. The van der Waals surface area contributed by atoms with E-state index in [1.807, 2.05) is 12.3 Å². The first-order valence-corrected chi connectivity index (χ1v) is 4.56. The first-order chi connectivity index (χ1) is 6.86. The summed E-state index contributed by atoms with van der Waals surface area (Å²) in [6.45, 7) is 0. The van der Waals surface area contributed by atoms with Gasteiger partial charge in [-0.1, -0.05) is 0 Å². The Labute approximate surface area is 80.6 Å². The summed E-state index contributed by atoms with van der Waals surface area (Å²) in [4.78, 5) is 11.4. The molecule has 68 valence electrons. The second-order valence-corrected chi connectivity index (χ2v) is 3.66. The fraction of sp³-hybridized carbons (Fsp3) is 0.300. The second kappa shape index (κ2) is 2.32. The molecule has 0 unspecified atom stereocenters. The Hall–Kier alpha value is -1.89. The van der Waals surface area contributed by atoms with Gasteiger partial charge in [-0.05, 0) is 18.9 Å². The molecule has 1 N–H and O–H groups in total. The number of nitriles is 1. The van der Waals surface area contributed by atoms with E-state index in [0.29, 0.717) is 0 Å². The quantitative estimate of drug-likeness (QED) is 0.730. The molecular weight excluding hydrogens is 176 g/mol. The van der Waals surface area contributed by atoms with Gasteiger partial charge in [-0.3, -0.25) is 0 Å². The van der Waals surface area contributed by atoms with E-state index in [-0.39, 0.29) is 5.41 Å². The van der Waals surface area contributed by atoms with E-state index in [1.54, 1.807) is 0 Å². The minimum Gasteiger partial charge on any atom is -0.346 e. The molecule has 14 heavy (non-hydrogen) atoms. The van der Waals surface area contributed by atoms with Gasteiger partial charge < -0.3 is 4.98 Å². The van der Waals surface area contributed by atoms with Crippen LogP contribution in [0.15, 0.2) is 18.6 Å². The zero-order valence-corrected chi connectivity index (χ0v) is 7.49. The molecule has 0 bridgehead atoms. The van der Waals surface area contributed by atoms with E-state index < -0.39 is 0 Å². The topological polar surface area (TPSA) is 65.4 Å². The normalized spacial score (nSPS) is 17.9. The summed E-state index contributed by atoms with van der Waals surface area (Å²) in [5, 5.41) is 10.1. The number of rotatable bonds is 1. The maximum atomic E-state index is 9.09. The summed E-state index contributed by atoms with van der Waals surface area (Å²) in [5.74, 6) is 0. The number of H-pyrrole nitrogens is 1. The molecule has 2 aromatic rings. The number of aromatic amines is 1. The van der Waals surface area contributed by atoms with Gasteiger partial charge in [0.15, 0.2) is 0 Å². The number of fused-ring (bicyclic) bond motifs is 1. The van der Waals surface area contributed by atoms with Crippen LogP contribution in [0.2, 0.25) is 0 Å². The Kier molecular flexibility index (Phi) is 1.25. The molecule has 0 saturated heterocycles. The third-order valence-corrected chi connectivity index (χ3v) is 2.77. The fourth-order valence-corrected chi connectivity index (χ4v) is 1.78. The van der Waals surface area contributed by atoms with Gasteiger partial charge in [-0.15, -0.1) is 0 Å². The highest BCUT2D eigenvalue weighted by Crippen LogP contribution is 2.48. The molecule has 0 amide bonds. The molecule has 2 heterocycles. The highest BCUT2D eigenvalue weighted by atomic mass is 14.9. The third kappa shape index (κ3) is 0.814. The van der Waals surface area contributed by atoms with Crippen LogP contribution in [0.4, 0.5) is 0 Å². The molecule has 1 aliphatic rings. The van der Waals surface area contributed by atoms with Crippen LogP contribution in [0.5, 0.6) is 0 Å². The van der Waals surface area contributed by atoms with Crippen molar-refractivity contribution in [1.29, 1.82) is 5.26 Å². The largest absolute Gasteiger partial charge is 0.346 e. The Bertz CT molecular complexity index is 530. The van der Waals surface area contributed by atoms with Crippen LogP contribution in [0.25, 0.3) is 11.0 Å². The summed E-state index contributed by atoms with van der Waals surface area (Å²) in [7, 11) is 0. The summed E-state index contributed by atoms with van der Waals surface area (Å²) in [6.07, 6.45) is 5.18. The summed E-state index contributed by atoms with van der Waals surface area (Å²) >= 11 is 0. The molecule has 3 rings (SSSR count). The van der Waals surface area contributed by atoms with Gasteiger partial charge in [0.2, 0.25) is 0 Å². The van der Waals surface area contributed by atoms with Crippen molar-refractivity contribution < 1.29 is 0 Å². The molecule has 1 saturated carbocycles. The van der Waals surface area contributed by atoms with E-state index in [2.05, 4.69) is 21.0 Å². The summed E-state index contributed by atoms with van der Waals surface area (Å²) < 4.78 is 0. The molecule has 1 aliphatic carbocycles. The fourth-order valence-electron chi connectivity index (χ4n) is 1.78. The molecular formula is C10H8N4. The van der Waals surface area contributed by atoms with E-state index >= 15 is 0 Å². The lowest BCUT2D eigenvalue weighted by Gasteiger charge is -2.04. The van der Waals surface area contributed by atoms with Gasteiger partial charge in [0, 0.05) is 11.6 Å². The predicted molar refractivity (Wildman–Crippen MR) is 50.4 cm³/mol. The minimum atomic E-state index is -0.330. The lowest BCUT2D eigenvalue weighted by atomic mass is 10.0. The van der Waals surface area contributed by atoms with Crippen LogP contribution in [0.1, 0.15) is 18.5 Å². The Morgan fingerprint density at radius 2 is 2.29 bits per heavy atom. The minimum absolute atomic E-state index is 0.330. The van der Waals surface area contributed by atoms with Crippen LogP contribution in [-0.2, 0) is 5.41 Å². The zero-order valence-electron chi connectivity index (χ0n) is 7.49. The van der Waals surface area contributed by atoms with Crippen LogP contribution in [0.3, 0.4) is 0 Å². The molecule has 0 atom stereocenters. The first-order valence-electron chi connectivity index (χ1n) is 4.56. The molecule has 4 heteroatoms. The van der Waals surface area contributed by atoms with Crippen molar-refractivity contribution in [3.63, 3.8) is 0 Å². The highest BCUT2D eigenvalue weighted by molar-refractivity contribution is 5.80. The second-order valence-electron chi connectivity index (χ2n) is 3.66. The maximum Gasteiger partial charge on any atom is 0.140 e. The number of hydrogen-bond acceptors (Lipinski definition) is 3. The van der Waals surface area contributed by atoms with Crippen LogP contribution < -0.4 is 0 Å². The van der Waals surface area contributed by atoms with Gasteiger partial charge in [0.1, 0.15) is 17.4 Å². The van der Waals surface area contributed by atoms with E-state index in [4.69, 9.17) is 5.26 Å². The Morgan fingerprint density at radius 1 is 1.43 bits per heavy atom. The van der Waals surface area contributed by atoms with Crippen molar-refractivity contribution in [2.24, 2.45) is 0 Å². The molecule has 0 aromatic carbocycles. The standard InChI is InChI=1S/C10H8N4/c11-5-10(2-3-10)8-7-1-4-12-9(7)14-6-13-8/h1,4,6H,2-3H2,(H,12,13,14). The first kappa shape index (κ1) is 7.51. The molecule has 0 aliphatic heterocycles. The lowest BCUT2D eigenvalue weighted by molar-refractivity contribution is 0.860. The Balaban J connectivity index is 2.32. The van der Waals surface area contributed by atoms with Crippen molar-refractivity contribution >= 4 is 11.0 Å². The van der Waals surface area contributed by atoms with Gasteiger partial charge in [-0.25, -0.2) is 9.97 Å². The number of aromatic nitrogens is 3. The smallest absolute Gasteiger partial charge is 0.140 e. The van der Waals surface area contributed by atoms with E-state index in [0.717, 1.165) is 29.6 Å². The van der Waals surface area contributed by atoms with Gasteiger partial charge in [-0.2, -0.15) is 5.26 Å². The number of nitrogens with zero attached hydrogens (tertiary/aromatic N) is 3. The monoisotopic (exact) mass is 184 g/mol. The van der Waals surface area contributed by atoms with Gasteiger partial charge in [0.05, 0.1) is 11.8 Å². The van der Waals surface area contributed by atoms with Gasteiger partial charge >= 0.3 is 0 Å². The SMILES string of the molecule is N#CC1(c2ncnc3[nH]ccc23)CC1. The van der Waals surface area contributed by atoms with Crippen molar-refractivity contribution in [3.05, 3.63) is 24.3 Å². The van der Waals surface area contributed by atoms with Crippen LogP contribution in [0, 0.1) is 11.3 Å². The molecule has 0 spiro atoms. The Morgan fingerprint density at radius 3 is 3.00 bits per heavy atom. The van der Waals surface area contributed by atoms with Crippen LogP contribution in [-0.4, -0.2) is 15.0 Å². The molecule has 0 radical (unpaired) electrons. The predicted octanol–water partition coefficient (Wildman–Crippen LogP) is 1.51. The summed E-state index contributed by atoms with van der Waals surface area (Å²) in [5.41, 5.74) is 1.37.